The zero-order valence-electron chi connectivity index (χ0n) is 23.2. The molecular weight excluding hydrogens is 534 g/mol. The molecule has 0 spiro atoms. The van der Waals surface area contributed by atoms with Crippen LogP contribution in [-0.2, 0) is 36.9 Å². The first-order valence-electron chi connectivity index (χ1n) is 13.5. The van der Waals surface area contributed by atoms with Gasteiger partial charge in [0.1, 0.15) is 12.1 Å². The monoisotopic (exact) mass is 568 g/mol. The Bertz CT molecular complexity index is 1440. The molecule has 1 fully saturated rings. The van der Waals surface area contributed by atoms with E-state index in [1.807, 2.05) is 24.3 Å². The number of para-hydroxylation sites is 1. The zero-order chi connectivity index (χ0) is 29.7. The molecular formula is C30H34F2N4O5. The van der Waals surface area contributed by atoms with Gasteiger partial charge in [0.25, 0.3) is 0 Å². The third-order valence-corrected chi connectivity index (χ3v) is 7.41. The second-order valence-electron chi connectivity index (χ2n) is 10.6. The molecule has 0 saturated carbocycles. The van der Waals surface area contributed by atoms with Crippen LogP contribution in [0, 0.1) is 17.6 Å². The van der Waals surface area contributed by atoms with Crippen LogP contribution in [0.5, 0.6) is 0 Å². The van der Waals surface area contributed by atoms with Crippen molar-refractivity contribution in [2.45, 2.75) is 64.2 Å². The summed E-state index contributed by atoms with van der Waals surface area (Å²) in [4.78, 5) is 56.0. The second-order valence-corrected chi connectivity index (χ2v) is 10.6. The molecule has 0 unspecified atom stereocenters. The Morgan fingerprint density at radius 3 is 2.56 bits per heavy atom. The van der Waals surface area contributed by atoms with Gasteiger partial charge < -0.3 is 25.3 Å². The summed E-state index contributed by atoms with van der Waals surface area (Å²) in [5, 5.41) is 6.37. The van der Waals surface area contributed by atoms with Crippen LogP contribution in [0.4, 0.5) is 8.78 Å². The van der Waals surface area contributed by atoms with E-state index in [-0.39, 0.29) is 43.2 Å². The number of aromatic amines is 1. The largest absolute Gasteiger partial charge is 0.467 e. The summed E-state index contributed by atoms with van der Waals surface area (Å²) in [6.45, 7) is 3.36. The fraction of sp³-hybridized carbons (Fsp3) is 0.400. The predicted molar refractivity (Wildman–Crippen MR) is 147 cm³/mol. The number of carbonyl (C=O) groups excluding carboxylic acids is 4. The van der Waals surface area contributed by atoms with Gasteiger partial charge in [-0.25, -0.2) is 13.6 Å². The molecule has 3 amide bonds. The number of amides is 3. The first kappa shape index (κ1) is 29.7. The second kappa shape index (κ2) is 12.9. The quantitative estimate of drug-likeness (QED) is 0.307. The highest BCUT2D eigenvalue weighted by Crippen LogP contribution is 2.26. The Morgan fingerprint density at radius 2 is 1.83 bits per heavy atom. The number of fused-ring (bicyclic) bond motifs is 1. The van der Waals surface area contributed by atoms with Gasteiger partial charge in [0.2, 0.25) is 17.7 Å². The number of aromatic nitrogens is 1. The lowest BCUT2D eigenvalue weighted by molar-refractivity contribution is -0.145. The van der Waals surface area contributed by atoms with E-state index in [9.17, 15) is 28.0 Å². The number of hydrogen-bond donors (Lipinski definition) is 3. The number of nitrogens with one attached hydrogen (secondary N) is 3. The lowest BCUT2D eigenvalue weighted by Crippen LogP contribution is -2.54. The lowest BCUT2D eigenvalue weighted by Gasteiger charge is -2.27. The maximum atomic E-state index is 14.2. The fourth-order valence-electron chi connectivity index (χ4n) is 5.18. The van der Waals surface area contributed by atoms with Crippen molar-refractivity contribution in [3.63, 3.8) is 0 Å². The number of likely N-dealkylation sites (tertiary alicyclic amines) is 1. The molecule has 3 atom stereocenters. The Balaban J connectivity index is 1.42. The van der Waals surface area contributed by atoms with Gasteiger partial charge in [0, 0.05) is 54.5 Å². The van der Waals surface area contributed by atoms with Gasteiger partial charge in [-0.2, -0.15) is 0 Å². The maximum Gasteiger partial charge on any atom is 0.328 e. The zero-order valence-corrected chi connectivity index (χ0v) is 23.2. The van der Waals surface area contributed by atoms with E-state index >= 15 is 0 Å². The minimum Gasteiger partial charge on any atom is -0.467 e. The molecule has 2 heterocycles. The Labute approximate surface area is 236 Å². The normalized spacial score (nSPS) is 16.6. The Hall–Kier alpha value is -4.28. The van der Waals surface area contributed by atoms with Gasteiger partial charge in [-0.3, -0.25) is 14.4 Å². The highest BCUT2D eigenvalue weighted by molar-refractivity contribution is 5.92. The number of ether oxygens (including phenoxy) is 1. The number of H-pyrrole nitrogens is 1. The molecule has 1 aromatic heterocycles. The Morgan fingerprint density at radius 1 is 1.07 bits per heavy atom. The summed E-state index contributed by atoms with van der Waals surface area (Å²) in [6.07, 6.45) is 2.39. The van der Waals surface area contributed by atoms with E-state index in [2.05, 4.69) is 15.6 Å². The van der Waals surface area contributed by atoms with Crippen molar-refractivity contribution >= 4 is 34.6 Å². The molecule has 11 heteroatoms. The van der Waals surface area contributed by atoms with E-state index in [1.165, 1.54) is 24.1 Å². The van der Waals surface area contributed by atoms with Gasteiger partial charge in [-0.15, -0.1) is 0 Å². The standard InChI is InChI=1S/C30H34F2N4O5/c1-17(2)28(29(39)34-24(30(40)41-3)13-19-15-33-23-10-5-4-8-21(19)23)35-25(37)14-20-11-12-26(38)36(20)16-18-7-6-9-22(31)27(18)32/h4-10,15,17,20,24,28,33H,11-14,16H2,1-3H3,(H,34,39)(H,35,37)/t20-,24-,28-/m0/s1. The van der Waals surface area contributed by atoms with E-state index in [1.54, 1.807) is 20.0 Å². The fourth-order valence-corrected chi connectivity index (χ4v) is 5.18. The van der Waals surface area contributed by atoms with Crippen molar-refractivity contribution in [1.29, 1.82) is 0 Å². The molecule has 41 heavy (non-hydrogen) atoms. The van der Waals surface area contributed by atoms with Gasteiger partial charge in [-0.1, -0.05) is 44.2 Å². The molecule has 218 valence electrons. The van der Waals surface area contributed by atoms with Crippen molar-refractivity contribution in [1.82, 2.24) is 20.5 Å². The summed E-state index contributed by atoms with van der Waals surface area (Å²) in [7, 11) is 1.24. The SMILES string of the molecule is COC(=O)[C@H](Cc1c[nH]c2ccccc12)NC(=O)[C@@H](NC(=O)C[C@@H]1CCC(=O)N1Cc1cccc(F)c1F)C(C)C. The minimum absolute atomic E-state index is 0.0224. The average Bonchev–Trinajstić information content (AvgIpc) is 3.51. The van der Waals surface area contributed by atoms with Gasteiger partial charge in [-0.05, 0) is 30.0 Å². The van der Waals surface area contributed by atoms with Crippen LogP contribution in [0.2, 0.25) is 0 Å². The average molecular weight is 569 g/mol. The van der Waals surface area contributed by atoms with E-state index < -0.39 is 47.5 Å². The first-order valence-corrected chi connectivity index (χ1v) is 13.5. The smallest absolute Gasteiger partial charge is 0.328 e. The highest BCUT2D eigenvalue weighted by atomic mass is 19.2. The van der Waals surface area contributed by atoms with Gasteiger partial charge in [0.15, 0.2) is 11.6 Å². The topological polar surface area (TPSA) is 121 Å². The molecule has 4 rings (SSSR count). The summed E-state index contributed by atoms with van der Waals surface area (Å²) in [5.41, 5.74) is 1.74. The third kappa shape index (κ3) is 6.90. The molecule has 1 aliphatic heterocycles. The maximum absolute atomic E-state index is 14.2. The van der Waals surface area contributed by atoms with Crippen molar-refractivity contribution in [3.8, 4) is 0 Å². The van der Waals surface area contributed by atoms with Crippen LogP contribution in [0.25, 0.3) is 10.9 Å². The van der Waals surface area contributed by atoms with Crippen LogP contribution in [0.1, 0.15) is 44.2 Å². The van der Waals surface area contributed by atoms with Crippen LogP contribution >= 0.6 is 0 Å². The lowest BCUT2D eigenvalue weighted by atomic mass is 10.0. The summed E-state index contributed by atoms with van der Waals surface area (Å²) in [6, 6.07) is 8.84. The molecule has 1 aliphatic rings. The molecule has 0 bridgehead atoms. The summed E-state index contributed by atoms with van der Waals surface area (Å²) >= 11 is 0. The van der Waals surface area contributed by atoms with E-state index in [0.29, 0.717) is 6.42 Å². The predicted octanol–water partition coefficient (Wildman–Crippen LogP) is 3.37. The number of hydrogen-bond acceptors (Lipinski definition) is 5. The molecule has 0 aliphatic carbocycles. The van der Waals surface area contributed by atoms with Crippen molar-refractivity contribution in [3.05, 3.63) is 71.4 Å². The van der Waals surface area contributed by atoms with Crippen molar-refractivity contribution in [2.75, 3.05) is 7.11 Å². The number of halogens is 2. The Kier molecular flexibility index (Phi) is 9.36. The molecule has 3 aromatic rings. The number of rotatable bonds is 11. The number of methoxy groups -OCH3 is 1. The molecule has 3 N–H and O–H groups in total. The number of nitrogens with zero attached hydrogens (tertiary/aromatic N) is 1. The van der Waals surface area contributed by atoms with Crippen LogP contribution < -0.4 is 10.6 Å². The van der Waals surface area contributed by atoms with Gasteiger partial charge >= 0.3 is 5.97 Å². The molecule has 1 saturated heterocycles. The van der Waals surface area contributed by atoms with Crippen LogP contribution in [0.3, 0.4) is 0 Å². The highest BCUT2D eigenvalue weighted by Gasteiger charge is 2.35. The van der Waals surface area contributed by atoms with Crippen LogP contribution in [0.15, 0.2) is 48.7 Å². The summed E-state index contributed by atoms with van der Waals surface area (Å²) < 4.78 is 32.8. The minimum atomic E-state index is -1.03. The third-order valence-electron chi connectivity index (χ3n) is 7.41. The van der Waals surface area contributed by atoms with Gasteiger partial charge in [0.05, 0.1) is 7.11 Å². The molecule has 0 radical (unpaired) electrons. The first-order chi connectivity index (χ1) is 19.6. The number of benzene rings is 2. The van der Waals surface area contributed by atoms with E-state index in [4.69, 9.17) is 4.74 Å². The number of esters is 1. The van der Waals surface area contributed by atoms with Crippen LogP contribution in [-0.4, -0.2) is 58.8 Å². The van der Waals surface area contributed by atoms with Crippen molar-refractivity contribution < 1.29 is 32.7 Å². The van der Waals surface area contributed by atoms with E-state index in [0.717, 1.165) is 22.5 Å². The molecule has 2 aromatic carbocycles. The molecule has 9 nitrogen and oxygen atoms in total. The van der Waals surface area contributed by atoms with Crippen molar-refractivity contribution in [2.24, 2.45) is 5.92 Å². The summed E-state index contributed by atoms with van der Waals surface area (Å²) in [5.74, 6) is -4.28. The number of carbonyl (C=O) groups is 4.